The van der Waals surface area contributed by atoms with E-state index in [1.165, 1.54) is 5.56 Å². The summed E-state index contributed by atoms with van der Waals surface area (Å²) in [5.41, 5.74) is 7.52. The van der Waals surface area contributed by atoms with Crippen LogP contribution in [0.5, 0.6) is 5.75 Å². The maximum atomic E-state index is 6.20. The Bertz CT molecular complexity index is 1660. The topological polar surface area (TPSA) is 104 Å². The van der Waals surface area contributed by atoms with Crippen LogP contribution in [0.15, 0.2) is 65.9 Å². The molecule has 1 saturated heterocycles. The SMILES string of the molecule is c1cc(-c2ccsc2)c2cc(-c3n[nH]c4cnc(-c5cncc(OC6CCNCC6)c5)cc34)[nH]c2n1. The van der Waals surface area contributed by atoms with Gasteiger partial charge in [0.05, 0.1) is 29.3 Å². The lowest BCUT2D eigenvalue weighted by molar-refractivity contribution is 0.162. The van der Waals surface area contributed by atoms with Crippen molar-refractivity contribution < 1.29 is 4.74 Å². The second-order valence-electron chi connectivity index (χ2n) is 8.98. The molecule has 3 N–H and O–H groups in total. The third-order valence-electron chi connectivity index (χ3n) is 6.66. The van der Waals surface area contributed by atoms with Crippen molar-refractivity contribution in [2.24, 2.45) is 0 Å². The number of rotatable bonds is 5. The van der Waals surface area contributed by atoms with Gasteiger partial charge in [0.2, 0.25) is 0 Å². The number of fused-ring (bicyclic) bond motifs is 2. The summed E-state index contributed by atoms with van der Waals surface area (Å²) in [4.78, 5) is 17.1. The third-order valence-corrected chi connectivity index (χ3v) is 7.35. The Morgan fingerprint density at radius 2 is 1.89 bits per heavy atom. The highest BCUT2D eigenvalue weighted by Gasteiger charge is 2.17. The lowest BCUT2D eigenvalue weighted by Gasteiger charge is -2.23. The highest BCUT2D eigenvalue weighted by Crippen LogP contribution is 2.35. The summed E-state index contributed by atoms with van der Waals surface area (Å²) in [5, 5.41) is 17.4. The number of thiophene rings is 1. The molecule has 1 fully saturated rings. The fraction of sp³-hybridized carbons (Fsp3) is 0.185. The van der Waals surface area contributed by atoms with E-state index < -0.39 is 0 Å². The molecule has 0 aliphatic carbocycles. The molecule has 8 nitrogen and oxygen atoms in total. The smallest absolute Gasteiger partial charge is 0.138 e. The van der Waals surface area contributed by atoms with E-state index >= 15 is 0 Å². The quantitative estimate of drug-likeness (QED) is 0.296. The summed E-state index contributed by atoms with van der Waals surface area (Å²) >= 11 is 1.69. The van der Waals surface area contributed by atoms with Crippen LogP contribution < -0.4 is 10.1 Å². The number of aromatic nitrogens is 6. The van der Waals surface area contributed by atoms with Gasteiger partial charge in [-0.3, -0.25) is 15.1 Å². The molecule has 7 heterocycles. The molecular weight excluding hydrogens is 470 g/mol. The first-order valence-corrected chi connectivity index (χ1v) is 12.9. The second kappa shape index (κ2) is 8.85. The van der Waals surface area contributed by atoms with E-state index in [4.69, 9.17) is 4.74 Å². The molecule has 6 aromatic rings. The van der Waals surface area contributed by atoms with Gasteiger partial charge in [0, 0.05) is 28.7 Å². The van der Waals surface area contributed by atoms with Crippen LogP contribution in [0.4, 0.5) is 0 Å². The van der Waals surface area contributed by atoms with Crippen LogP contribution in [0.2, 0.25) is 0 Å². The minimum atomic E-state index is 0.216. The zero-order valence-corrected chi connectivity index (χ0v) is 20.2. The van der Waals surface area contributed by atoms with Crippen molar-refractivity contribution in [3.63, 3.8) is 0 Å². The molecule has 178 valence electrons. The summed E-state index contributed by atoms with van der Waals surface area (Å²) < 4.78 is 6.20. The third kappa shape index (κ3) is 3.82. The zero-order valence-electron chi connectivity index (χ0n) is 19.4. The Hall–Kier alpha value is -4.08. The van der Waals surface area contributed by atoms with Crippen LogP contribution in [-0.4, -0.2) is 49.3 Å². The molecule has 0 aromatic carbocycles. The van der Waals surface area contributed by atoms with E-state index in [9.17, 15) is 0 Å². The van der Waals surface area contributed by atoms with Crippen LogP contribution in [0.3, 0.4) is 0 Å². The standard InChI is InChI=1S/C27H23N7OS/c1-5-28-6-2-18(1)35-19-9-17(12-29-13-19)23-11-22-25(14-31-23)33-34-26(22)24-10-21-20(16-4-8-36-15-16)3-7-30-27(21)32-24/h3-4,7-15,18,28H,1-2,5-6H2,(H,30,32)(H,33,34). The number of nitrogens with one attached hydrogen (secondary N) is 3. The van der Waals surface area contributed by atoms with E-state index in [1.807, 2.05) is 24.7 Å². The number of hydrogen-bond acceptors (Lipinski definition) is 7. The van der Waals surface area contributed by atoms with Crippen molar-refractivity contribution >= 4 is 33.3 Å². The van der Waals surface area contributed by atoms with E-state index in [0.29, 0.717) is 0 Å². The summed E-state index contributed by atoms with van der Waals surface area (Å²) in [6.45, 7) is 1.97. The molecule has 36 heavy (non-hydrogen) atoms. The van der Waals surface area contributed by atoms with Gasteiger partial charge in [-0.15, -0.1) is 0 Å². The van der Waals surface area contributed by atoms with Gasteiger partial charge < -0.3 is 15.0 Å². The molecule has 1 aliphatic rings. The highest BCUT2D eigenvalue weighted by molar-refractivity contribution is 7.08. The largest absolute Gasteiger partial charge is 0.489 e. The van der Waals surface area contributed by atoms with Crippen LogP contribution >= 0.6 is 11.3 Å². The monoisotopic (exact) mass is 493 g/mol. The van der Waals surface area contributed by atoms with E-state index in [2.05, 4.69) is 70.5 Å². The first kappa shape index (κ1) is 21.2. The Balaban J connectivity index is 1.26. The second-order valence-corrected chi connectivity index (χ2v) is 9.76. The molecule has 0 spiro atoms. The van der Waals surface area contributed by atoms with Crippen molar-refractivity contribution in [2.45, 2.75) is 18.9 Å². The van der Waals surface area contributed by atoms with Gasteiger partial charge in [0.25, 0.3) is 0 Å². The number of aromatic amines is 2. The first-order valence-electron chi connectivity index (χ1n) is 12.0. The number of ether oxygens (including phenoxy) is 1. The molecule has 0 atom stereocenters. The molecule has 6 aromatic heterocycles. The van der Waals surface area contributed by atoms with Crippen molar-refractivity contribution in [1.82, 2.24) is 35.5 Å². The van der Waals surface area contributed by atoms with Crippen molar-refractivity contribution in [3.05, 3.63) is 65.9 Å². The molecule has 1 aliphatic heterocycles. The molecule has 7 rings (SSSR count). The minimum absolute atomic E-state index is 0.216. The Morgan fingerprint density at radius 3 is 2.78 bits per heavy atom. The van der Waals surface area contributed by atoms with Crippen molar-refractivity contribution in [3.8, 4) is 39.5 Å². The van der Waals surface area contributed by atoms with Crippen LogP contribution in [0.25, 0.3) is 55.7 Å². The van der Waals surface area contributed by atoms with Gasteiger partial charge in [0.1, 0.15) is 23.2 Å². The van der Waals surface area contributed by atoms with Gasteiger partial charge >= 0.3 is 0 Å². The maximum absolute atomic E-state index is 6.20. The average Bonchev–Trinajstić information content (AvgIpc) is 3.68. The van der Waals surface area contributed by atoms with Crippen molar-refractivity contribution in [2.75, 3.05) is 13.1 Å². The van der Waals surface area contributed by atoms with Gasteiger partial charge in [-0.25, -0.2) is 4.98 Å². The number of pyridine rings is 3. The summed E-state index contributed by atoms with van der Waals surface area (Å²) in [6, 6.07) is 10.4. The Kier molecular flexibility index (Phi) is 5.22. The normalized spacial score (nSPS) is 14.6. The number of H-pyrrole nitrogens is 2. The Labute approximate surface area is 210 Å². The zero-order chi connectivity index (χ0) is 23.9. The average molecular weight is 494 g/mol. The molecule has 0 radical (unpaired) electrons. The van der Waals surface area contributed by atoms with E-state index in [0.717, 1.165) is 81.8 Å². The first-order chi connectivity index (χ1) is 17.8. The van der Waals surface area contributed by atoms with Crippen LogP contribution in [0, 0.1) is 0 Å². The number of piperidine rings is 1. The number of nitrogens with zero attached hydrogens (tertiary/aromatic N) is 4. The maximum Gasteiger partial charge on any atom is 0.138 e. The van der Waals surface area contributed by atoms with Gasteiger partial charge in [-0.2, -0.15) is 16.4 Å². The Morgan fingerprint density at radius 1 is 0.944 bits per heavy atom. The van der Waals surface area contributed by atoms with Gasteiger partial charge in [0.15, 0.2) is 0 Å². The summed E-state index contributed by atoms with van der Waals surface area (Å²) in [5.74, 6) is 0.774. The summed E-state index contributed by atoms with van der Waals surface area (Å²) in [6.07, 6.45) is 9.47. The van der Waals surface area contributed by atoms with Crippen molar-refractivity contribution in [1.29, 1.82) is 0 Å². The highest BCUT2D eigenvalue weighted by atomic mass is 32.1. The fourth-order valence-electron chi connectivity index (χ4n) is 4.83. The molecule has 0 bridgehead atoms. The molecule has 0 amide bonds. The van der Waals surface area contributed by atoms with Crippen LogP contribution in [0.1, 0.15) is 12.8 Å². The van der Waals surface area contributed by atoms with Gasteiger partial charge in [-0.1, -0.05) is 0 Å². The predicted octanol–water partition coefficient (Wildman–Crippen LogP) is 5.42. The predicted molar refractivity (Wildman–Crippen MR) is 142 cm³/mol. The van der Waals surface area contributed by atoms with Gasteiger partial charge in [-0.05, 0) is 78.2 Å². The summed E-state index contributed by atoms with van der Waals surface area (Å²) in [7, 11) is 0. The lowest BCUT2D eigenvalue weighted by atomic mass is 10.1. The molecular formula is C27H23N7OS. The molecule has 0 unspecified atom stereocenters. The lowest BCUT2D eigenvalue weighted by Crippen LogP contribution is -2.34. The fourth-order valence-corrected chi connectivity index (χ4v) is 5.49. The van der Waals surface area contributed by atoms with E-state index in [-0.39, 0.29) is 6.10 Å². The minimum Gasteiger partial charge on any atom is -0.489 e. The molecule has 9 heteroatoms. The van der Waals surface area contributed by atoms with Crippen LogP contribution in [-0.2, 0) is 0 Å². The molecule has 0 saturated carbocycles. The van der Waals surface area contributed by atoms with E-state index in [1.54, 1.807) is 17.5 Å². The number of hydrogen-bond donors (Lipinski definition) is 3.